The fourth-order valence-corrected chi connectivity index (χ4v) is 2.58. The Bertz CT molecular complexity index is 769. The van der Waals surface area contributed by atoms with Crippen LogP contribution in [0.4, 0.5) is 5.69 Å². The van der Waals surface area contributed by atoms with E-state index in [2.05, 4.69) is 4.98 Å². The Morgan fingerprint density at radius 1 is 1.26 bits per heavy atom. The number of hydrogen-bond acceptors (Lipinski definition) is 4. The lowest BCUT2D eigenvalue weighted by atomic mass is 10.1. The van der Waals surface area contributed by atoms with E-state index in [0.717, 1.165) is 16.8 Å². The van der Waals surface area contributed by atoms with Crippen molar-refractivity contribution in [3.05, 3.63) is 66.0 Å². The molecule has 0 spiro atoms. The number of anilines is 1. The highest BCUT2D eigenvalue weighted by Gasteiger charge is 2.32. The molecule has 0 aliphatic carbocycles. The first-order chi connectivity index (χ1) is 11.2. The van der Waals surface area contributed by atoms with Gasteiger partial charge in [0.2, 0.25) is 0 Å². The van der Waals surface area contributed by atoms with E-state index in [4.69, 9.17) is 4.74 Å². The number of nitrogens with zero attached hydrogens (tertiary/aromatic N) is 2. The number of para-hydroxylation sites is 1. The molecular formula is C18H16N2O3. The molecule has 0 atom stereocenters. The van der Waals surface area contributed by atoms with Gasteiger partial charge in [0.15, 0.2) is 0 Å². The molecule has 1 amide bonds. The summed E-state index contributed by atoms with van der Waals surface area (Å²) in [6, 6.07) is 11.2. The van der Waals surface area contributed by atoms with Gasteiger partial charge in [0.25, 0.3) is 5.91 Å². The summed E-state index contributed by atoms with van der Waals surface area (Å²) in [5.74, 6) is -0.711. The minimum atomic E-state index is -0.506. The van der Waals surface area contributed by atoms with Crippen molar-refractivity contribution in [2.24, 2.45) is 0 Å². The molecule has 2 heterocycles. The van der Waals surface area contributed by atoms with Crippen LogP contribution >= 0.6 is 0 Å². The zero-order valence-electron chi connectivity index (χ0n) is 12.7. The van der Waals surface area contributed by atoms with E-state index in [1.165, 1.54) is 6.08 Å². The fourth-order valence-electron chi connectivity index (χ4n) is 2.58. The van der Waals surface area contributed by atoms with Crippen molar-refractivity contribution in [2.45, 2.75) is 13.5 Å². The van der Waals surface area contributed by atoms with Crippen LogP contribution in [0, 0.1) is 0 Å². The second kappa shape index (κ2) is 6.44. The summed E-state index contributed by atoms with van der Waals surface area (Å²) in [6.45, 7) is 2.41. The highest BCUT2D eigenvalue weighted by atomic mass is 16.5. The van der Waals surface area contributed by atoms with Gasteiger partial charge in [0.1, 0.15) is 0 Å². The number of hydrogen-bond donors (Lipinski definition) is 0. The maximum atomic E-state index is 12.7. The van der Waals surface area contributed by atoms with Gasteiger partial charge < -0.3 is 9.64 Å². The largest absolute Gasteiger partial charge is 0.463 e. The normalized spacial score (nSPS) is 14.9. The molecule has 116 valence electrons. The Morgan fingerprint density at radius 3 is 2.83 bits per heavy atom. The lowest BCUT2D eigenvalue weighted by Crippen LogP contribution is -2.26. The lowest BCUT2D eigenvalue weighted by molar-refractivity contribution is -0.137. The van der Waals surface area contributed by atoms with Crippen LogP contribution in [0.25, 0.3) is 5.57 Å². The zero-order valence-corrected chi connectivity index (χ0v) is 12.7. The molecule has 0 N–H and O–H groups in total. The van der Waals surface area contributed by atoms with E-state index in [9.17, 15) is 9.59 Å². The maximum absolute atomic E-state index is 12.7. The SMILES string of the molecule is CCOC(=O)/C=C1/C(=O)N(Cc2cccnc2)c2ccccc21. The van der Waals surface area contributed by atoms with E-state index < -0.39 is 5.97 Å². The number of ether oxygens (including phenoxy) is 1. The lowest BCUT2D eigenvalue weighted by Gasteiger charge is -2.16. The monoisotopic (exact) mass is 308 g/mol. The summed E-state index contributed by atoms with van der Waals surface area (Å²) in [5.41, 5.74) is 2.82. The van der Waals surface area contributed by atoms with Crippen molar-refractivity contribution < 1.29 is 14.3 Å². The van der Waals surface area contributed by atoms with Crippen molar-refractivity contribution in [2.75, 3.05) is 11.5 Å². The fraction of sp³-hybridized carbons (Fsp3) is 0.167. The van der Waals surface area contributed by atoms with E-state index in [0.29, 0.717) is 12.1 Å². The van der Waals surface area contributed by atoms with Crippen LogP contribution in [-0.4, -0.2) is 23.5 Å². The predicted molar refractivity (Wildman–Crippen MR) is 86.5 cm³/mol. The molecule has 1 aromatic carbocycles. The number of esters is 1. The smallest absolute Gasteiger partial charge is 0.331 e. The first-order valence-corrected chi connectivity index (χ1v) is 7.39. The maximum Gasteiger partial charge on any atom is 0.331 e. The van der Waals surface area contributed by atoms with Gasteiger partial charge in [-0.25, -0.2) is 4.79 Å². The molecule has 1 aliphatic rings. The summed E-state index contributed by atoms with van der Waals surface area (Å²) in [6.07, 6.45) is 4.69. The first kappa shape index (κ1) is 15.0. The number of rotatable bonds is 4. The Morgan fingerprint density at radius 2 is 2.09 bits per heavy atom. The molecule has 5 nitrogen and oxygen atoms in total. The van der Waals surface area contributed by atoms with Gasteiger partial charge in [0, 0.05) is 24.0 Å². The summed E-state index contributed by atoms with van der Waals surface area (Å²) >= 11 is 0. The average Bonchev–Trinajstić information content (AvgIpc) is 2.82. The topological polar surface area (TPSA) is 59.5 Å². The van der Waals surface area contributed by atoms with E-state index in [1.807, 2.05) is 36.4 Å². The Kier molecular flexibility index (Phi) is 4.19. The number of pyridine rings is 1. The molecule has 3 rings (SSSR count). The third-order valence-electron chi connectivity index (χ3n) is 3.57. The molecule has 23 heavy (non-hydrogen) atoms. The number of fused-ring (bicyclic) bond motifs is 1. The van der Waals surface area contributed by atoms with Crippen LogP contribution in [0.2, 0.25) is 0 Å². The molecule has 0 bridgehead atoms. The summed E-state index contributed by atoms with van der Waals surface area (Å²) < 4.78 is 4.92. The zero-order chi connectivity index (χ0) is 16.2. The molecular weight excluding hydrogens is 292 g/mol. The van der Waals surface area contributed by atoms with Gasteiger partial charge in [0.05, 0.1) is 24.4 Å². The number of amides is 1. The van der Waals surface area contributed by atoms with Crippen LogP contribution in [-0.2, 0) is 20.9 Å². The van der Waals surface area contributed by atoms with Gasteiger partial charge >= 0.3 is 5.97 Å². The second-order valence-corrected chi connectivity index (χ2v) is 5.08. The van der Waals surface area contributed by atoms with Crippen LogP contribution in [0.1, 0.15) is 18.1 Å². The molecule has 0 radical (unpaired) electrons. The standard InChI is InChI=1S/C18H16N2O3/c1-2-23-17(21)10-15-14-7-3-4-8-16(14)20(18(15)22)12-13-6-5-9-19-11-13/h3-11H,2,12H2,1H3/b15-10+. The van der Waals surface area contributed by atoms with Gasteiger partial charge in [-0.2, -0.15) is 0 Å². The molecule has 0 saturated heterocycles. The second-order valence-electron chi connectivity index (χ2n) is 5.08. The van der Waals surface area contributed by atoms with E-state index in [1.54, 1.807) is 24.2 Å². The van der Waals surface area contributed by atoms with E-state index in [-0.39, 0.29) is 12.5 Å². The summed E-state index contributed by atoms with van der Waals surface area (Å²) in [5, 5.41) is 0. The van der Waals surface area contributed by atoms with Gasteiger partial charge in [-0.1, -0.05) is 24.3 Å². The van der Waals surface area contributed by atoms with Crippen molar-refractivity contribution >= 4 is 23.1 Å². The molecule has 0 fully saturated rings. The number of carbonyl (C=O) groups excluding carboxylic acids is 2. The van der Waals surface area contributed by atoms with Crippen LogP contribution < -0.4 is 4.90 Å². The average molecular weight is 308 g/mol. The Hall–Kier alpha value is -2.95. The molecule has 1 aromatic heterocycles. The van der Waals surface area contributed by atoms with Crippen molar-refractivity contribution in [1.82, 2.24) is 4.98 Å². The van der Waals surface area contributed by atoms with Crippen LogP contribution in [0.5, 0.6) is 0 Å². The highest BCUT2D eigenvalue weighted by Crippen LogP contribution is 2.37. The number of aromatic nitrogens is 1. The Labute approximate surface area is 134 Å². The predicted octanol–water partition coefficient (Wildman–Crippen LogP) is 2.57. The minimum absolute atomic E-state index is 0.205. The van der Waals surface area contributed by atoms with Gasteiger partial charge in [-0.05, 0) is 24.6 Å². The minimum Gasteiger partial charge on any atom is -0.463 e. The molecule has 5 heteroatoms. The quantitative estimate of drug-likeness (QED) is 0.643. The molecule has 2 aromatic rings. The van der Waals surface area contributed by atoms with E-state index >= 15 is 0 Å². The van der Waals surface area contributed by atoms with Crippen LogP contribution in [0.3, 0.4) is 0 Å². The molecule has 0 saturated carbocycles. The van der Waals surface area contributed by atoms with Crippen molar-refractivity contribution in [3.63, 3.8) is 0 Å². The Balaban J connectivity index is 1.97. The third-order valence-corrected chi connectivity index (χ3v) is 3.57. The van der Waals surface area contributed by atoms with Gasteiger partial charge in [-0.3, -0.25) is 9.78 Å². The third kappa shape index (κ3) is 2.99. The summed E-state index contributed by atoms with van der Waals surface area (Å²) in [7, 11) is 0. The van der Waals surface area contributed by atoms with Crippen molar-refractivity contribution in [1.29, 1.82) is 0 Å². The number of carbonyl (C=O) groups is 2. The van der Waals surface area contributed by atoms with Crippen LogP contribution in [0.15, 0.2) is 54.9 Å². The summed E-state index contributed by atoms with van der Waals surface area (Å²) in [4.78, 5) is 30.2. The molecule has 1 aliphatic heterocycles. The van der Waals surface area contributed by atoms with Crippen molar-refractivity contribution in [3.8, 4) is 0 Å². The molecule has 0 unspecified atom stereocenters. The first-order valence-electron chi connectivity index (χ1n) is 7.39. The van der Waals surface area contributed by atoms with Gasteiger partial charge in [-0.15, -0.1) is 0 Å². The highest BCUT2D eigenvalue weighted by molar-refractivity contribution is 6.34. The number of benzene rings is 1.